The van der Waals surface area contributed by atoms with Crippen LogP contribution in [0.5, 0.6) is 0 Å². The van der Waals surface area contributed by atoms with Gasteiger partial charge in [-0.25, -0.2) is 4.39 Å². The zero-order chi connectivity index (χ0) is 10.1. The molecule has 3 heteroatoms. The van der Waals surface area contributed by atoms with Crippen LogP contribution in [0.25, 0.3) is 0 Å². The number of benzene rings is 1. The molecule has 1 nitrogen and oxygen atoms in total. The van der Waals surface area contributed by atoms with Crippen molar-refractivity contribution in [2.75, 3.05) is 5.32 Å². The summed E-state index contributed by atoms with van der Waals surface area (Å²) in [6, 6.07) is 5.21. The molecular weight excluding hydrogens is 201 g/mol. The molecule has 76 valence electrons. The number of halogens is 2. The van der Waals surface area contributed by atoms with Crippen molar-refractivity contribution in [1.29, 1.82) is 0 Å². The predicted octanol–water partition coefficient (Wildman–Crippen LogP) is 3.69. The first-order valence-electron chi connectivity index (χ1n) is 4.88. The Morgan fingerprint density at radius 3 is 2.79 bits per heavy atom. The Bertz CT molecular complexity index is 336. The number of hydrogen-bond donors (Lipinski definition) is 1. The summed E-state index contributed by atoms with van der Waals surface area (Å²) in [5, 5.41) is 3.50. The summed E-state index contributed by atoms with van der Waals surface area (Å²) < 4.78 is 12.8. The average Bonchev–Trinajstić information content (AvgIpc) is 2.94. The molecule has 2 rings (SSSR count). The molecule has 1 aliphatic carbocycles. The third kappa shape index (κ3) is 2.18. The van der Waals surface area contributed by atoms with Crippen molar-refractivity contribution in [1.82, 2.24) is 0 Å². The maximum Gasteiger partial charge on any atom is 0.141 e. The van der Waals surface area contributed by atoms with Crippen LogP contribution in [-0.2, 0) is 0 Å². The van der Waals surface area contributed by atoms with Crippen molar-refractivity contribution >= 4 is 17.3 Å². The molecule has 0 aromatic heterocycles. The van der Waals surface area contributed by atoms with Gasteiger partial charge in [-0.3, -0.25) is 0 Å². The molecule has 14 heavy (non-hydrogen) atoms. The summed E-state index contributed by atoms with van der Waals surface area (Å²) in [7, 11) is 0. The monoisotopic (exact) mass is 213 g/mol. The highest BCUT2D eigenvalue weighted by molar-refractivity contribution is 6.31. The lowest BCUT2D eigenvalue weighted by Crippen LogP contribution is -2.17. The van der Waals surface area contributed by atoms with Gasteiger partial charge in [0.05, 0.1) is 5.02 Å². The van der Waals surface area contributed by atoms with Gasteiger partial charge in [-0.1, -0.05) is 11.6 Å². The Morgan fingerprint density at radius 2 is 2.21 bits per heavy atom. The largest absolute Gasteiger partial charge is 0.382 e. The van der Waals surface area contributed by atoms with Gasteiger partial charge in [0.25, 0.3) is 0 Å². The summed E-state index contributed by atoms with van der Waals surface area (Å²) in [5.74, 6) is 0.412. The Kier molecular flexibility index (Phi) is 2.64. The minimum Gasteiger partial charge on any atom is -0.382 e. The molecular formula is C11H13ClFN. The van der Waals surface area contributed by atoms with Crippen molar-refractivity contribution in [2.45, 2.75) is 25.8 Å². The first-order chi connectivity index (χ1) is 6.66. The lowest BCUT2D eigenvalue weighted by molar-refractivity contribution is 0.628. The SMILES string of the molecule is C[C@H](Nc1ccc(F)c(Cl)c1)C1CC1. The van der Waals surface area contributed by atoms with Crippen molar-refractivity contribution in [2.24, 2.45) is 5.92 Å². The molecule has 0 radical (unpaired) electrons. The highest BCUT2D eigenvalue weighted by atomic mass is 35.5. The standard InChI is InChI=1S/C11H13ClFN/c1-7(8-2-3-8)14-9-4-5-11(13)10(12)6-9/h4-8,14H,2-3H2,1H3/t7-/m0/s1. The first-order valence-corrected chi connectivity index (χ1v) is 5.26. The van der Waals surface area contributed by atoms with Gasteiger partial charge in [0.2, 0.25) is 0 Å². The quantitative estimate of drug-likeness (QED) is 0.808. The van der Waals surface area contributed by atoms with E-state index < -0.39 is 0 Å². The van der Waals surface area contributed by atoms with Crippen molar-refractivity contribution in [3.8, 4) is 0 Å². The Hall–Kier alpha value is -0.760. The second-order valence-corrected chi connectivity index (χ2v) is 4.31. The predicted molar refractivity (Wildman–Crippen MR) is 57.2 cm³/mol. The fraction of sp³-hybridized carbons (Fsp3) is 0.455. The number of rotatable bonds is 3. The van der Waals surface area contributed by atoms with E-state index in [4.69, 9.17) is 11.6 Å². The minimum atomic E-state index is -0.365. The van der Waals surface area contributed by atoms with Crippen LogP contribution in [0.2, 0.25) is 5.02 Å². The van der Waals surface area contributed by atoms with Crippen LogP contribution in [0.15, 0.2) is 18.2 Å². The highest BCUT2D eigenvalue weighted by Crippen LogP contribution is 2.34. The molecule has 1 fully saturated rings. The van der Waals surface area contributed by atoms with Crippen molar-refractivity contribution < 1.29 is 4.39 Å². The number of nitrogens with one attached hydrogen (secondary N) is 1. The molecule has 0 amide bonds. The van der Waals surface area contributed by atoms with Gasteiger partial charge < -0.3 is 5.32 Å². The fourth-order valence-electron chi connectivity index (χ4n) is 1.56. The van der Waals surface area contributed by atoms with Gasteiger partial charge in [-0.05, 0) is 43.9 Å². The lowest BCUT2D eigenvalue weighted by Gasteiger charge is -2.14. The molecule has 1 atom stereocenters. The van der Waals surface area contributed by atoms with E-state index in [1.165, 1.54) is 18.9 Å². The third-order valence-electron chi connectivity index (χ3n) is 2.64. The van der Waals surface area contributed by atoms with E-state index in [9.17, 15) is 4.39 Å². The molecule has 1 aromatic rings. The molecule has 1 N–H and O–H groups in total. The fourth-order valence-corrected chi connectivity index (χ4v) is 1.74. The van der Waals surface area contributed by atoms with E-state index in [1.807, 2.05) is 0 Å². The highest BCUT2D eigenvalue weighted by Gasteiger charge is 2.27. The van der Waals surface area contributed by atoms with Crippen LogP contribution in [0.4, 0.5) is 10.1 Å². The van der Waals surface area contributed by atoms with Crippen LogP contribution < -0.4 is 5.32 Å². The normalized spacial score (nSPS) is 17.9. The lowest BCUT2D eigenvalue weighted by atomic mass is 10.2. The Balaban J connectivity index is 2.04. The van der Waals surface area contributed by atoms with Crippen LogP contribution >= 0.6 is 11.6 Å². The van der Waals surface area contributed by atoms with E-state index in [-0.39, 0.29) is 10.8 Å². The van der Waals surface area contributed by atoms with Gasteiger partial charge in [-0.15, -0.1) is 0 Å². The molecule has 1 saturated carbocycles. The van der Waals surface area contributed by atoms with E-state index in [0.29, 0.717) is 6.04 Å². The molecule has 0 bridgehead atoms. The minimum absolute atomic E-state index is 0.179. The molecule has 1 aliphatic rings. The van der Waals surface area contributed by atoms with Gasteiger partial charge in [-0.2, -0.15) is 0 Å². The van der Waals surface area contributed by atoms with E-state index in [0.717, 1.165) is 11.6 Å². The molecule has 0 aliphatic heterocycles. The Labute approximate surface area is 88.3 Å². The van der Waals surface area contributed by atoms with E-state index >= 15 is 0 Å². The maximum atomic E-state index is 12.8. The van der Waals surface area contributed by atoms with Gasteiger partial charge in [0.15, 0.2) is 0 Å². The van der Waals surface area contributed by atoms with Crippen LogP contribution in [0.3, 0.4) is 0 Å². The summed E-state index contributed by atoms with van der Waals surface area (Å²) in [5.41, 5.74) is 0.899. The smallest absolute Gasteiger partial charge is 0.141 e. The topological polar surface area (TPSA) is 12.0 Å². The molecule has 0 spiro atoms. The van der Waals surface area contributed by atoms with Gasteiger partial charge in [0, 0.05) is 11.7 Å². The second kappa shape index (κ2) is 3.77. The van der Waals surface area contributed by atoms with Crippen LogP contribution in [0, 0.1) is 11.7 Å². The summed E-state index contributed by atoms with van der Waals surface area (Å²) >= 11 is 5.68. The average molecular weight is 214 g/mol. The van der Waals surface area contributed by atoms with E-state index in [2.05, 4.69) is 12.2 Å². The molecule has 0 heterocycles. The summed E-state index contributed by atoms with van der Waals surface area (Å²) in [6.07, 6.45) is 2.59. The summed E-state index contributed by atoms with van der Waals surface area (Å²) in [4.78, 5) is 0. The van der Waals surface area contributed by atoms with Crippen LogP contribution in [0.1, 0.15) is 19.8 Å². The maximum absolute atomic E-state index is 12.8. The van der Waals surface area contributed by atoms with Crippen molar-refractivity contribution in [3.63, 3.8) is 0 Å². The third-order valence-corrected chi connectivity index (χ3v) is 2.93. The number of hydrogen-bond acceptors (Lipinski definition) is 1. The molecule has 0 saturated heterocycles. The Morgan fingerprint density at radius 1 is 1.50 bits per heavy atom. The van der Waals surface area contributed by atoms with Crippen molar-refractivity contribution in [3.05, 3.63) is 29.0 Å². The van der Waals surface area contributed by atoms with E-state index in [1.54, 1.807) is 12.1 Å². The second-order valence-electron chi connectivity index (χ2n) is 3.90. The number of anilines is 1. The van der Waals surface area contributed by atoms with Crippen LogP contribution in [-0.4, -0.2) is 6.04 Å². The molecule has 1 aromatic carbocycles. The molecule has 0 unspecified atom stereocenters. The zero-order valence-electron chi connectivity index (χ0n) is 8.06. The van der Waals surface area contributed by atoms with Gasteiger partial charge in [0.1, 0.15) is 5.82 Å². The van der Waals surface area contributed by atoms with Gasteiger partial charge >= 0.3 is 0 Å². The zero-order valence-corrected chi connectivity index (χ0v) is 8.81. The summed E-state index contributed by atoms with van der Waals surface area (Å²) in [6.45, 7) is 2.15. The first kappa shape index (κ1) is 9.78.